The van der Waals surface area contributed by atoms with E-state index in [4.69, 9.17) is 0 Å². The number of allylic oxidation sites excluding steroid dienone is 9. The van der Waals surface area contributed by atoms with Crippen LogP contribution >= 0.6 is 0 Å². The molecule has 4 nitrogen and oxygen atoms in total. The van der Waals surface area contributed by atoms with Gasteiger partial charge in [-0.1, -0.05) is 68.4 Å². The molecule has 0 saturated carbocycles. The number of nitro groups is 1. The number of rotatable bonds is 16. The molecule has 0 aromatic rings. The quantitative estimate of drug-likeness (QED) is 0.139. The monoisotopic (exact) mass is 358 g/mol. The first kappa shape index (κ1) is 23.8. The molecule has 0 heterocycles. The molecule has 0 aliphatic heterocycles. The summed E-state index contributed by atoms with van der Waals surface area (Å²) in [5.74, 6) is 0. The fourth-order valence-corrected chi connectivity index (χ4v) is 2.17. The van der Waals surface area contributed by atoms with Gasteiger partial charge in [-0.3, -0.25) is 14.9 Å². The first-order chi connectivity index (χ1) is 12.7. The molecule has 0 bridgehead atoms. The SMILES string of the molecule is CCCCC/C=C/C/C=C/C/C=C(/C/C=C/C/C=C/CC[C]=O)[N+](=O)[O-]. The zero-order valence-electron chi connectivity index (χ0n) is 15.9. The first-order valence-corrected chi connectivity index (χ1v) is 9.50. The van der Waals surface area contributed by atoms with Crippen LogP contribution < -0.4 is 0 Å². The Morgan fingerprint density at radius 2 is 1.50 bits per heavy atom. The van der Waals surface area contributed by atoms with Crippen molar-refractivity contribution in [1.29, 1.82) is 0 Å². The van der Waals surface area contributed by atoms with Gasteiger partial charge in [-0.15, -0.1) is 0 Å². The number of hydrogen-bond donors (Lipinski definition) is 0. The van der Waals surface area contributed by atoms with Gasteiger partial charge in [-0.05, 0) is 44.6 Å². The molecule has 1 radical (unpaired) electrons. The van der Waals surface area contributed by atoms with Gasteiger partial charge in [0.25, 0.3) is 0 Å². The van der Waals surface area contributed by atoms with Gasteiger partial charge < -0.3 is 0 Å². The Morgan fingerprint density at radius 1 is 0.885 bits per heavy atom. The minimum Gasteiger partial charge on any atom is -0.291 e. The third-order valence-corrected chi connectivity index (χ3v) is 3.65. The highest BCUT2D eigenvalue weighted by molar-refractivity contribution is 5.50. The summed E-state index contributed by atoms with van der Waals surface area (Å²) in [6.07, 6.45) is 27.9. The van der Waals surface area contributed by atoms with Crippen molar-refractivity contribution in [3.05, 3.63) is 70.5 Å². The maximum absolute atomic E-state index is 11.0. The normalized spacial score (nSPS) is 12.9. The zero-order valence-corrected chi connectivity index (χ0v) is 15.9. The smallest absolute Gasteiger partial charge is 0.246 e. The van der Waals surface area contributed by atoms with E-state index in [1.54, 1.807) is 6.08 Å². The zero-order chi connectivity index (χ0) is 19.3. The number of hydrogen-bond acceptors (Lipinski definition) is 3. The molecular formula is C22H32NO3. The van der Waals surface area contributed by atoms with Gasteiger partial charge >= 0.3 is 0 Å². The number of carbonyl (C=O) groups excluding carboxylic acids is 1. The number of nitrogens with zero attached hydrogens (tertiary/aromatic N) is 1. The third-order valence-electron chi connectivity index (χ3n) is 3.65. The Hall–Kier alpha value is -2.23. The summed E-state index contributed by atoms with van der Waals surface area (Å²) in [6.45, 7) is 2.20. The van der Waals surface area contributed by atoms with Crippen molar-refractivity contribution in [1.82, 2.24) is 0 Å². The van der Waals surface area contributed by atoms with Crippen LogP contribution in [-0.4, -0.2) is 11.2 Å². The van der Waals surface area contributed by atoms with Crippen LogP contribution in [0, 0.1) is 10.1 Å². The molecule has 0 aromatic carbocycles. The van der Waals surface area contributed by atoms with Crippen LogP contribution in [0.3, 0.4) is 0 Å². The van der Waals surface area contributed by atoms with Crippen LogP contribution in [0.1, 0.15) is 71.1 Å². The van der Waals surface area contributed by atoms with Crippen molar-refractivity contribution in [2.75, 3.05) is 0 Å². The fraction of sp³-hybridized carbons (Fsp3) is 0.500. The van der Waals surface area contributed by atoms with Crippen molar-refractivity contribution < 1.29 is 9.72 Å². The second kappa shape index (κ2) is 19.1. The highest BCUT2D eigenvalue weighted by Crippen LogP contribution is 2.07. The molecule has 0 atom stereocenters. The molecule has 143 valence electrons. The Morgan fingerprint density at radius 3 is 2.15 bits per heavy atom. The molecular weight excluding hydrogens is 326 g/mol. The van der Waals surface area contributed by atoms with E-state index in [1.165, 1.54) is 19.3 Å². The number of unbranched alkanes of at least 4 members (excludes halogenated alkanes) is 4. The van der Waals surface area contributed by atoms with Crippen LogP contribution in [0.25, 0.3) is 0 Å². The summed E-state index contributed by atoms with van der Waals surface area (Å²) in [7, 11) is 0. The lowest BCUT2D eigenvalue weighted by atomic mass is 10.2. The largest absolute Gasteiger partial charge is 0.291 e. The van der Waals surface area contributed by atoms with E-state index >= 15 is 0 Å². The molecule has 0 saturated heterocycles. The fourth-order valence-electron chi connectivity index (χ4n) is 2.17. The van der Waals surface area contributed by atoms with E-state index in [2.05, 4.69) is 19.1 Å². The third kappa shape index (κ3) is 16.6. The van der Waals surface area contributed by atoms with Crippen molar-refractivity contribution in [3.63, 3.8) is 0 Å². The van der Waals surface area contributed by atoms with E-state index in [1.807, 2.05) is 42.7 Å². The van der Waals surface area contributed by atoms with E-state index in [0.717, 1.165) is 12.8 Å². The van der Waals surface area contributed by atoms with Crippen molar-refractivity contribution in [2.45, 2.75) is 71.1 Å². The van der Waals surface area contributed by atoms with Gasteiger partial charge in [-0.25, -0.2) is 0 Å². The Kier molecular flexibility index (Phi) is 17.5. The minimum absolute atomic E-state index is 0.223. The highest BCUT2D eigenvalue weighted by Gasteiger charge is 2.06. The van der Waals surface area contributed by atoms with Crippen LogP contribution in [0.15, 0.2) is 60.4 Å². The molecule has 0 rings (SSSR count). The van der Waals surface area contributed by atoms with Crippen LogP contribution in [0.4, 0.5) is 0 Å². The van der Waals surface area contributed by atoms with Crippen LogP contribution in [0.2, 0.25) is 0 Å². The standard InChI is InChI=1S/C22H32NO3/c1-2-3-4-5-6-7-8-10-13-16-19-22(23(25)26)20-17-14-11-9-12-15-18-21-24/h6-7,9-10,12-14,17,19H,2-5,8,11,15-16,18,20H2,1H3/b7-6+,12-9+,13-10+,17-14+,22-19-. The molecule has 0 unspecified atom stereocenters. The van der Waals surface area contributed by atoms with Gasteiger partial charge in [-0.2, -0.15) is 0 Å². The van der Waals surface area contributed by atoms with Crippen molar-refractivity contribution in [3.8, 4) is 0 Å². The van der Waals surface area contributed by atoms with Gasteiger partial charge in [0.05, 0.1) is 11.3 Å². The molecule has 0 spiro atoms. The summed E-state index contributed by atoms with van der Waals surface area (Å²) < 4.78 is 0. The molecule has 4 heteroatoms. The molecule has 0 N–H and O–H groups in total. The topological polar surface area (TPSA) is 60.2 Å². The van der Waals surface area contributed by atoms with E-state index in [-0.39, 0.29) is 10.6 Å². The molecule has 26 heavy (non-hydrogen) atoms. The minimum atomic E-state index is -0.318. The maximum Gasteiger partial charge on any atom is 0.246 e. The second-order valence-electron chi connectivity index (χ2n) is 5.93. The summed E-state index contributed by atoms with van der Waals surface area (Å²) >= 11 is 0. The predicted molar refractivity (Wildman–Crippen MR) is 109 cm³/mol. The lowest BCUT2D eigenvalue weighted by molar-refractivity contribution is -0.427. The Balaban J connectivity index is 4.05. The van der Waals surface area contributed by atoms with E-state index in [9.17, 15) is 14.9 Å². The molecule has 0 amide bonds. The summed E-state index contributed by atoms with van der Waals surface area (Å²) in [4.78, 5) is 20.8. The Bertz CT molecular complexity index is 513. The molecule has 0 aliphatic carbocycles. The average Bonchev–Trinajstić information content (AvgIpc) is 2.63. The van der Waals surface area contributed by atoms with E-state index < -0.39 is 0 Å². The molecule has 0 aromatic heterocycles. The molecule has 0 fully saturated rings. The maximum atomic E-state index is 11.0. The van der Waals surface area contributed by atoms with Gasteiger partial charge in [0.1, 0.15) is 0 Å². The summed E-state index contributed by atoms with van der Waals surface area (Å²) in [5, 5.41) is 11.0. The second-order valence-corrected chi connectivity index (χ2v) is 5.93. The summed E-state index contributed by atoms with van der Waals surface area (Å²) in [6, 6.07) is 0. The van der Waals surface area contributed by atoms with Gasteiger partial charge in [0.15, 0.2) is 6.29 Å². The molecule has 0 aliphatic rings. The lowest BCUT2D eigenvalue weighted by Crippen LogP contribution is -1.97. The van der Waals surface area contributed by atoms with Gasteiger partial charge in [0.2, 0.25) is 5.70 Å². The van der Waals surface area contributed by atoms with Crippen molar-refractivity contribution >= 4 is 6.29 Å². The van der Waals surface area contributed by atoms with E-state index in [0.29, 0.717) is 32.1 Å². The summed E-state index contributed by atoms with van der Waals surface area (Å²) in [5.41, 5.74) is 0.223. The first-order valence-electron chi connectivity index (χ1n) is 9.50. The van der Waals surface area contributed by atoms with Gasteiger partial charge in [0, 0.05) is 6.42 Å². The van der Waals surface area contributed by atoms with Crippen molar-refractivity contribution in [2.24, 2.45) is 0 Å². The average molecular weight is 359 g/mol. The Labute approximate surface area is 158 Å². The van der Waals surface area contributed by atoms with Crippen LogP contribution in [-0.2, 0) is 4.79 Å². The predicted octanol–water partition coefficient (Wildman–Crippen LogP) is 6.40. The van der Waals surface area contributed by atoms with Crippen LogP contribution in [0.5, 0.6) is 0 Å². The lowest BCUT2D eigenvalue weighted by Gasteiger charge is -1.93. The highest BCUT2D eigenvalue weighted by atomic mass is 16.6.